The average Bonchev–Trinajstić information content (AvgIpc) is 2.27. The van der Waals surface area contributed by atoms with E-state index in [-0.39, 0.29) is 6.61 Å². The van der Waals surface area contributed by atoms with Crippen LogP contribution in [0.5, 0.6) is 5.75 Å². The fraction of sp³-hybridized carbons (Fsp3) is 0.500. The highest BCUT2D eigenvalue weighted by Crippen LogP contribution is 2.16. The topological polar surface area (TPSA) is 55.5 Å². The van der Waals surface area contributed by atoms with Crippen LogP contribution in [-0.2, 0) is 0 Å². The van der Waals surface area contributed by atoms with Crippen LogP contribution in [0, 0.1) is 0 Å². The third-order valence-corrected chi connectivity index (χ3v) is 3.38. The molecule has 1 rings (SSSR count). The summed E-state index contributed by atoms with van der Waals surface area (Å²) in [7, 11) is 0. The van der Waals surface area contributed by atoms with Crippen LogP contribution in [0.2, 0.25) is 0 Å². The highest BCUT2D eigenvalue weighted by Gasteiger charge is 2.01. The Labute approximate surface area is 101 Å². The normalized spacial score (nSPS) is 12.4. The van der Waals surface area contributed by atoms with Crippen molar-refractivity contribution in [3.8, 4) is 5.75 Å². The van der Waals surface area contributed by atoms with Crippen molar-refractivity contribution in [2.75, 3.05) is 24.7 Å². The zero-order chi connectivity index (χ0) is 11.8. The second-order valence-electron chi connectivity index (χ2n) is 3.61. The summed E-state index contributed by atoms with van der Waals surface area (Å²) in [6.07, 6.45) is 0.840. The molecule has 3 N–H and O–H groups in total. The van der Waals surface area contributed by atoms with E-state index < -0.39 is 0 Å². The van der Waals surface area contributed by atoms with E-state index in [0.29, 0.717) is 11.9 Å². The molecular weight excluding hydrogens is 222 g/mol. The van der Waals surface area contributed by atoms with E-state index in [4.69, 9.17) is 15.6 Å². The van der Waals surface area contributed by atoms with E-state index in [1.54, 1.807) is 0 Å². The zero-order valence-corrected chi connectivity index (χ0v) is 10.4. The zero-order valence-electron chi connectivity index (χ0n) is 9.56. The Morgan fingerprint density at radius 2 is 2.06 bits per heavy atom. The molecule has 0 heterocycles. The van der Waals surface area contributed by atoms with Gasteiger partial charge in [-0.15, -0.1) is 0 Å². The second kappa shape index (κ2) is 7.41. The van der Waals surface area contributed by atoms with E-state index in [2.05, 4.69) is 6.92 Å². The van der Waals surface area contributed by atoms with Crippen molar-refractivity contribution in [1.29, 1.82) is 0 Å². The van der Waals surface area contributed by atoms with Gasteiger partial charge in [0, 0.05) is 23.3 Å². The van der Waals surface area contributed by atoms with Crippen molar-refractivity contribution < 1.29 is 9.84 Å². The first-order chi connectivity index (χ1) is 7.72. The molecule has 0 aliphatic rings. The smallest absolute Gasteiger partial charge is 0.119 e. The van der Waals surface area contributed by atoms with Gasteiger partial charge in [-0.2, -0.15) is 11.8 Å². The van der Waals surface area contributed by atoms with E-state index in [9.17, 15) is 0 Å². The Kier molecular flexibility index (Phi) is 6.11. The molecule has 0 fully saturated rings. The highest BCUT2D eigenvalue weighted by atomic mass is 32.2. The lowest BCUT2D eigenvalue weighted by molar-refractivity contribution is 0.288. The van der Waals surface area contributed by atoms with Crippen LogP contribution in [0.3, 0.4) is 0 Å². The summed E-state index contributed by atoms with van der Waals surface area (Å²) >= 11 is 1.81. The molecule has 0 bridgehead atoms. The van der Waals surface area contributed by atoms with Gasteiger partial charge in [0.05, 0.1) is 6.61 Å². The van der Waals surface area contributed by atoms with Crippen LogP contribution in [-0.4, -0.2) is 29.3 Å². The van der Waals surface area contributed by atoms with E-state index in [1.165, 1.54) is 0 Å². The van der Waals surface area contributed by atoms with Gasteiger partial charge in [0.25, 0.3) is 0 Å². The molecule has 16 heavy (non-hydrogen) atoms. The summed E-state index contributed by atoms with van der Waals surface area (Å²) in [5.41, 5.74) is 6.32. The van der Waals surface area contributed by atoms with Gasteiger partial charge in [-0.1, -0.05) is 6.92 Å². The molecule has 0 saturated carbocycles. The van der Waals surface area contributed by atoms with Crippen molar-refractivity contribution in [3.63, 3.8) is 0 Å². The molecule has 4 heteroatoms. The Morgan fingerprint density at radius 1 is 1.38 bits per heavy atom. The predicted molar refractivity (Wildman–Crippen MR) is 70.0 cm³/mol. The fourth-order valence-electron chi connectivity index (χ4n) is 1.24. The number of rotatable bonds is 7. The summed E-state index contributed by atoms with van der Waals surface area (Å²) in [5, 5.41) is 9.23. The summed E-state index contributed by atoms with van der Waals surface area (Å²) in [6, 6.07) is 7.40. The maximum Gasteiger partial charge on any atom is 0.119 e. The number of aliphatic hydroxyl groups is 1. The van der Waals surface area contributed by atoms with Gasteiger partial charge in [0.2, 0.25) is 0 Å². The minimum absolute atomic E-state index is 0.257. The number of anilines is 1. The van der Waals surface area contributed by atoms with E-state index >= 15 is 0 Å². The van der Waals surface area contributed by atoms with E-state index in [0.717, 1.165) is 23.6 Å². The molecule has 0 saturated heterocycles. The molecule has 1 aromatic carbocycles. The van der Waals surface area contributed by atoms with Crippen molar-refractivity contribution in [1.82, 2.24) is 0 Å². The predicted octanol–water partition coefficient (Wildman–Crippen LogP) is 2.15. The summed E-state index contributed by atoms with van der Waals surface area (Å²) < 4.78 is 5.55. The Hall–Kier alpha value is -0.870. The van der Waals surface area contributed by atoms with Gasteiger partial charge >= 0.3 is 0 Å². The van der Waals surface area contributed by atoms with Crippen molar-refractivity contribution in [2.45, 2.75) is 18.6 Å². The molecule has 1 unspecified atom stereocenters. The first-order valence-electron chi connectivity index (χ1n) is 5.43. The molecule has 0 amide bonds. The van der Waals surface area contributed by atoms with Crippen molar-refractivity contribution >= 4 is 17.4 Å². The van der Waals surface area contributed by atoms with Crippen LogP contribution < -0.4 is 10.5 Å². The molecule has 3 nitrogen and oxygen atoms in total. The number of benzene rings is 1. The number of ether oxygens (including phenoxy) is 1. The first kappa shape index (κ1) is 13.2. The monoisotopic (exact) mass is 241 g/mol. The van der Waals surface area contributed by atoms with Crippen LogP contribution >= 0.6 is 11.8 Å². The van der Waals surface area contributed by atoms with Gasteiger partial charge in [-0.05, 0) is 30.7 Å². The quantitative estimate of drug-likeness (QED) is 0.567. The Bertz CT molecular complexity index is 290. The maximum atomic E-state index is 8.74. The highest BCUT2D eigenvalue weighted by molar-refractivity contribution is 7.99. The summed E-state index contributed by atoms with van der Waals surface area (Å²) in [6.45, 7) is 3.06. The van der Waals surface area contributed by atoms with Crippen LogP contribution in [0.15, 0.2) is 24.3 Å². The molecule has 0 radical (unpaired) electrons. The third-order valence-electron chi connectivity index (χ3n) is 2.17. The maximum absolute atomic E-state index is 8.74. The van der Waals surface area contributed by atoms with Crippen molar-refractivity contribution in [2.24, 2.45) is 0 Å². The lowest BCUT2D eigenvalue weighted by atomic mass is 10.3. The lowest BCUT2D eigenvalue weighted by Gasteiger charge is -2.10. The van der Waals surface area contributed by atoms with E-state index in [1.807, 2.05) is 36.0 Å². The van der Waals surface area contributed by atoms with Gasteiger partial charge in [-0.3, -0.25) is 0 Å². The van der Waals surface area contributed by atoms with Crippen LogP contribution in [0.4, 0.5) is 5.69 Å². The average molecular weight is 241 g/mol. The standard InChI is InChI=1S/C12H19NO2S/c1-10(6-7-14)16-9-8-15-12-4-2-11(13)3-5-12/h2-5,10,14H,6-9,13H2,1H3. The molecule has 1 aromatic rings. The number of nitrogen functional groups attached to an aromatic ring is 1. The van der Waals surface area contributed by atoms with Gasteiger partial charge in [0.15, 0.2) is 0 Å². The number of nitrogens with two attached hydrogens (primary N) is 1. The van der Waals surface area contributed by atoms with Crippen LogP contribution in [0.25, 0.3) is 0 Å². The number of thioether (sulfide) groups is 1. The number of hydrogen-bond donors (Lipinski definition) is 2. The third kappa shape index (κ3) is 5.28. The van der Waals surface area contributed by atoms with Gasteiger partial charge < -0.3 is 15.6 Å². The van der Waals surface area contributed by atoms with Gasteiger partial charge in [0.1, 0.15) is 5.75 Å². The number of hydrogen-bond acceptors (Lipinski definition) is 4. The fourth-order valence-corrected chi connectivity index (χ4v) is 2.09. The molecule has 1 atom stereocenters. The minimum Gasteiger partial charge on any atom is -0.493 e. The molecule has 0 spiro atoms. The Balaban J connectivity index is 2.13. The van der Waals surface area contributed by atoms with Gasteiger partial charge in [-0.25, -0.2) is 0 Å². The van der Waals surface area contributed by atoms with Crippen LogP contribution in [0.1, 0.15) is 13.3 Å². The largest absolute Gasteiger partial charge is 0.493 e. The molecule has 90 valence electrons. The molecule has 0 aliphatic carbocycles. The molecule has 0 aliphatic heterocycles. The Morgan fingerprint density at radius 3 is 2.69 bits per heavy atom. The van der Waals surface area contributed by atoms with Crippen molar-refractivity contribution in [3.05, 3.63) is 24.3 Å². The summed E-state index contributed by atoms with van der Waals surface area (Å²) in [4.78, 5) is 0. The minimum atomic E-state index is 0.257. The first-order valence-corrected chi connectivity index (χ1v) is 6.48. The molecular formula is C12H19NO2S. The lowest BCUT2D eigenvalue weighted by Crippen LogP contribution is -2.06. The SMILES string of the molecule is CC(CCO)SCCOc1ccc(N)cc1. The second-order valence-corrected chi connectivity index (χ2v) is 5.16. The summed E-state index contributed by atoms with van der Waals surface area (Å²) in [5.74, 6) is 1.79. The number of aliphatic hydroxyl groups excluding tert-OH is 1. The molecule has 0 aromatic heterocycles.